The quantitative estimate of drug-likeness (QED) is 0.473. The number of hydrogen-bond donors (Lipinski definition) is 2. The minimum atomic E-state index is -0.691. The molecule has 0 aromatic heterocycles. The van der Waals surface area contributed by atoms with Crippen LogP contribution in [-0.4, -0.2) is 0 Å². The maximum atomic E-state index is 14.0. The second-order valence-corrected chi connectivity index (χ2v) is 5.68. The van der Waals surface area contributed by atoms with Gasteiger partial charge in [0.2, 0.25) is 0 Å². The maximum absolute atomic E-state index is 14.0. The number of halogens is 5. The molecule has 0 radical (unpaired) electrons. The van der Waals surface area contributed by atoms with Gasteiger partial charge in [-0.25, -0.2) is 13.2 Å². The zero-order valence-electron chi connectivity index (χ0n) is 10.6. The van der Waals surface area contributed by atoms with Gasteiger partial charge >= 0.3 is 0 Å². The van der Waals surface area contributed by atoms with Gasteiger partial charge in [-0.3, -0.25) is 11.3 Å². The van der Waals surface area contributed by atoms with Crippen LogP contribution in [0, 0.1) is 17.5 Å². The van der Waals surface area contributed by atoms with E-state index in [0.29, 0.717) is 5.56 Å². The smallest absolute Gasteiger partial charge is 0.143 e. The van der Waals surface area contributed by atoms with Crippen LogP contribution >= 0.6 is 27.5 Å². The minimum absolute atomic E-state index is 0.0461. The molecule has 0 spiro atoms. The summed E-state index contributed by atoms with van der Waals surface area (Å²) in [5, 5.41) is -0.0806. The topological polar surface area (TPSA) is 38.0 Å². The molecule has 2 rings (SSSR count). The first-order chi connectivity index (χ1) is 9.93. The molecule has 2 aromatic rings. The van der Waals surface area contributed by atoms with Crippen LogP contribution in [0.3, 0.4) is 0 Å². The lowest BCUT2D eigenvalue weighted by molar-refractivity contribution is 0.497. The van der Waals surface area contributed by atoms with Crippen LogP contribution in [0.5, 0.6) is 0 Å². The van der Waals surface area contributed by atoms with Gasteiger partial charge in [-0.2, -0.15) is 0 Å². The second-order valence-electron chi connectivity index (χ2n) is 4.42. The zero-order chi connectivity index (χ0) is 15.6. The molecular weight excluding hydrogens is 369 g/mol. The van der Waals surface area contributed by atoms with E-state index in [2.05, 4.69) is 21.4 Å². The Kier molecular flexibility index (Phi) is 5.27. The van der Waals surface area contributed by atoms with Crippen molar-refractivity contribution in [2.75, 3.05) is 0 Å². The van der Waals surface area contributed by atoms with E-state index in [1.165, 1.54) is 24.3 Å². The van der Waals surface area contributed by atoms with Crippen LogP contribution in [0.15, 0.2) is 34.8 Å². The Morgan fingerprint density at radius 3 is 2.43 bits per heavy atom. The van der Waals surface area contributed by atoms with Crippen LogP contribution in [-0.2, 0) is 6.42 Å². The molecule has 0 saturated heterocycles. The first-order valence-corrected chi connectivity index (χ1v) is 7.14. The van der Waals surface area contributed by atoms with E-state index < -0.39 is 23.5 Å². The Labute approximate surface area is 133 Å². The molecule has 0 aliphatic carbocycles. The fourth-order valence-corrected chi connectivity index (χ4v) is 2.52. The van der Waals surface area contributed by atoms with Gasteiger partial charge in [-0.15, -0.1) is 0 Å². The molecule has 2 nitrogen and oxygen atoms in total. The van der Waals surface area contributed by atoms with E-state index in [4.69, 9.17) is 17.4 Å². The monoisotopic (exact) mass is 378 g/mol. The van der Waals surface area contributed by atoms with Crippen molar-refractivity contribution in [1.29, 1.82) is 0 Å². The Hall–Kier alpha value is -1.08. The predicted molar refractivity (Wildman–Crippen MR) is 79.2 cm³/mol. The summed E-state index contributed by atoms with van der Waals surface area (Å²) in [6.07, 6.45) is -0.0461. The van der Waals surface area contributed by atoms with Crippen molar-refractivity contribution in [2.45, 2.75) is 12.5 Å². The van der Waals surface area contributed by atoms with Crippen molar-refractivity contribution in [3.05, 3.63) is 68.4 Å². The first kappa shape index (κ1) is 16.3. The fourth-order valence-electron chi connectivity index (χ4n) is 1.96. The largest absolute Gasteiger partial charge is 0.271 e. The standard InChI is InChI=1S/C14H11BrClF3N2/c15-9-2-4-11(17)8(14(9)19)6-13(21-20)7-1-3-12(18)10(16)5-7/h1-5,13,21H,6,20H2. The van der Waals surface area contributed by atoms with Crippen molar-refractivity contribution in [2.24, 2.45) is 5.84 Å². The van der Waals surface area contributed by atoms with Crippen LogP contribution in [0.1, 0.15) is 17.2 Å². The molecule has 0 bridgehead atoms. The van der Waals surface area contributed by atoms with Gasteiger partial charge in [0.05, 0.1) is 15.5 Å². The summed E-state index contributed by atoms with van der Waals surface area (Å²) in [5.41, 5.74) is 2.87. The molecule has 0 aliphatic heterocycles. The van der Waals surface area contributed by atoms with E-state index in [1.54, 1.807) is 0 Å². The van der Waals surface area contributed by atoms with Crippen LogP contribution < -0.4 is 11.3 Å². The molecule has 112 valence electrons. The van der Waals surface area contributed by atoms with E-state index in [-0.39, 0.29) is 21.5 Å². The highest BCUT2D eigenvalue weighted by Crippen LogP contribution is 2.28. The van der Waals surface area contributed by atoms with Gasteiger partial charge in [0.25, 0.3) is 0 Å². The Bertz CT molecular complexity index is 667. The summed E-state index contributed by atoms with van der Waals surface area (Å²) >= 11 is 8.71. The molecule has 21 heavy (non-hydrogen) atoms. The Balaban J connectivity index is 2.35. The summed E-state index contributed by atoms with van der Waals surface area (Å²) in [5.74, 6) is 3.49. The number of hydrazine groups is 1. The average molecular weight is 380 g/mol. The van der Waals surface area contributed by atoms with Gasteiger partial charge in [-0.05, 0) is 52.2 Å². The lowest BCUT2D eigenvalue weighted by atomic mass is 9.98. The number of benzene rings is 2. The van der Waals surface area contributed by atoms with Gasteiger partial charge in [0.15, 0.2) is 0 Å². The molecule has 1 unspecified atom stereocenters. The molecule has 0 aliphatic rings. The first-order valence-electron chi connectivity index (χ1n) is 5.97. The summed E-state index contributed by atoms with van der Waals surface area (Å²) in [6.45, 7) is 0. The lowest BCUT2D eigenvalue weighted by Gasteiger charge is -2.18. The third-order valence-electron chi connectivity index (χ3n) is 3.09. The molecule has 0 fully saturated rings. The predicted octanol–water partition coefficient (Wildman–Crippen LogP) is 4.27. The minimum Gasteiger partial charge on any atom is -0.271 e. The number of nitrogens with one attached hydrogen (secondary N) is 1. The molecular formula is C14H11BrClF3N2. The number of rotatable bonds is 4. The third-order valence-corrected chi connectivity index (χ3v) is 4.00. The fraction of sp³-hybridized carbons (Fsp3) is 0.143. The van der Waals surface area contributed by atoms with E-state index in [9.17, 15) is 13.2 Å². The molecule has 0 heterocycles. The highest BCUT2D eigenvalue weighted by atomic mass is 79.9. The Morgan fingerprint density at radius 2 is 1.81 bits per heavy atom. The second kappa shape index (κ2) is 6.79. The van der Waals surface area contributed by atoms with Gasteiger partial charge in [-0.1, -0.05) is 17.7 Å². The number of hydrogen-bond acceptors (Lipinski definition) is 2. The molecule has 0 saturated carbocycles. The number of nitrogens with two attached hydrogens (primary N) is 1. The SMILES string of the molecule is NNC(Cc1c(F)ccc(Br)c1F)c1ccc(F)c(Cl)c1. The van der Waals surface area contributed by atoms with E-state index in [1.807, 2.05) is 0 Å². The highest BCUT2D eigenvalue weighted by molar-refractivity contribution is 9.10. The van der Waals surface area contributed by atoms with Crippen LogP contribution in [0.25, 0.3) is 0 Å². The summed E-state index contributed by atoms with van der Waals surface area (Å²) in [6, 6.07) is 5.84. The molecule has 1 atom stereocenters. The summed E-state index contributed by atoms with van der Waals surface area (Å²) < 4.78 is 41.1. The Morgan fingerprint density at radius 1 is 1.14 bits per heavy atom. The molecule has 3 N–H and O–H groups in total. The normalized spacial score (nSPS) is 12.5. The van der Waals surface area contributed by atoms with Gasteiger partial charge < -0.3 is 0 Å². The van der Waals surface area contributed by atoms with Crippen molar-refractivity contribution in [1.82, 2.24) is 5.43 Å². The highest BCUT2D eigenvalue weighted by Gasteiger charge is 2.19. The van der Waals surface area contributed by atoms with Crippen molar-refractivity contribution < 1.29 is 13.2 Å². The van der Waals surface area contributed by atoms with E-state index in [0.717, 1.165) is 6.07 Å². The van der Waals surface area contributed by atoms with Gasteiger partial charge in [0, 0.05) is 5.56 Å². The van der Waals surface area contributed by atoms with Crippen molar-refractivity contribution in [3.8, 4) is 0 Å². The van der Waals surface area contributed by atoms with Crippen molar-refractivity contribution >= 4 is 27.5 Å². The van der Waals surface area contributed by atoms with Crippen LogP contribution in [0.4, 0.5) is 13.2 Å². The molecule has 2 aromatic carbocycles. The average Bonchev–Trinajstić information content (AvgIpc) is 2.47. The third kappa shape index (κ3) is 3.58. The lowest BCUT2D eigenvalue weighted by Crippen LogP contribution is -2.30. The molecule has 7 heteroatoms. The van der Waals surface area contributed by atoms with Crippen LogP contribution in [0.2, 0.25) is 5.02 Å². The van der Waals surface area contributed by atoms with Crippen molar-refractivity contribution in [3.63, 3.8) is 0 Å². The van der Waals surface area contributed by atoms with E-state index >= 15 is 0 Å². The maximum Gasteiger partial charge on any atom is 0.143 e. The summed E-state index contributed by atoms with van der Waals surface area (Å²) in [7, 11) is 0. The zero-order valence-corrected chi connectivity index (χ0v) is 13.0. The molecule has 0 amide bonds. The van der Waals surface area contributed by atoms with Gasteiger partial charge in [0.1, 0.15) is 17.5 Å². The summed E-state index contributed by atoms with van der Waals surface area (Å²) in [4.78, 5) is 0.